The normalized spacial score (nSPS) is 18.0. The maximum absolute atomic E-state index is 13.0. The van der Waals surface area contributed by atoms with Crippen molar-refractivity contribution in [1.29, 1.82) is 0 Å². The quantitative estimate of drug-likeness (QED) is 0.831. The number of hydrogen-bond acceptors (Lipinski definition) is 4. The van der Waals surface area contributed by atoms with Gasteiger partial charge in [0.2, 0.25) is 5.91 Å². The number of nitrogens with zero attached hydrogens (tertiary/aromatic N) is 1. The van der Waals surface area contributed by atoms with E-state index in [1.165, 1.54) is 5.56 Å². The first-order valence-electron chi connectivity index (χ1n) is 9.74. The molecule has 0 unspecified atom stereocenters. The molecule has 1 aliphatic heterocycles. The molecular formula is C21H25N3O4. The molecule has 1 saturated heterocycles. The van der Waals surface area contributed by atoms with Crippen LogP contribution >= 0.6 is 0 Å². The van der Waals surface area contributed by atoms with E-state index >= 15 is 0 Å². The van der Waals surface area contributed by atoms with Crippen LogP contribution in [0.2, 0.25) is 0 Å². The summed E-state index contributed by atoms with van der Waals surface area (Å²) in [6.45, 7) is 0.875. The predicted octanol–water partition coefficient (Wildman–Crippen LogP) is 3.09. The molecule has 28 heavy (non-hydrogen) atoms. The highest BCUT2D eigenvalue weighted by Gasteiger charge is 2.35. The lowest BCUT2D eigenvalue weighted by atomic mass is 10.1. The Bertz CT molecular complexity index is 863. The number of carbonyl (C=O) groups is 2. The van der Waals surface area contributed by atoms with E-state index in [1.54, 1.807) is 24.3 Å². The molecule has 1 fully saturated rings. The first-order valence-corrected chi connectivity index (χ1v) is 9.74. The Balaban J connectivity index is 1.46. The van der Waals surface area contributed by atoms with Gasteiger partial charge >= 0.3 is 6.03 Å². The number of likely N-dealkylation sites (tertiary alicyclic amines) is 1. The topological polar surface area (TPSA) is 83.8 Å². The van der Waals surface area contributed by atoms with E-state index in [-0.39, 0.29) is 11.9 Å². The van der Waals surface area contributed by atoms with Gasteiger partial charge in [0.1, 0.15) is 17.6 Å². The number of rotatable bonds is 5. The number of fused-ring (bicyclic) bond motifs is 1. The van der Waals surface area contributed by atoms with Crippen LogP contribution in [0.3, 0.4) is 0 Å². The standard InChI is InChI=1S/C21H25N3O4/c1-27-18-10-9-14-5-2-7-16(14)19(18)23-21(26)24-11-3-8-17(24)20(25)22-13-15-6-4-12-28-15/h4,6,9-10,12,17H,2-3,5,7-8,11,13H2,1H3,(H,22,25)(H,23,26)/t17-/m1/s1. The van der Waals surface area contributed by atoms with Gasteiger partial charge in [0.25, 0.3) is 0 Å². The first-order chi connectivity index (χ1) is 13.7. The summed E-state index contributed by atoms with van der Waals surface area (Å²) in [4.78, 5) is 27.2. The average molecular weight is 383 g/mol. The smallest absolute Gasteiger partial charge is 0.322 e. The molecule has 1 atom stereocenters. The summed E-state index contributed by atoms with van der Waals surface area (Å²) in [6, 6.07) is 6.82. The van der Waals surface area contributed by atoms with Gasteiger partial charge in [-0.05, 0) is 61.4 Å². The van der Waals surface area contributed by atoms with Gasteiger partial charge in [-0.25, -0.2) is 4.79 Å². The summed E-state index contributed by atoms with van der Waals surface area (Å²) >= 11 is 0. The van der Waals surface area contributed by atoms with E-state index in [1.807, 2.05) is 12.1 Å². The Morgan fingerprint density at radius 1 is 1.25 bits per heavy atom. The molecule has 2 aliphatic rings. The van der Waals surface area contributed by atoms with Gasteiger partial charge in [0, 0.05) is 6.54 Å². The number of benzene rings is 1. The summed E-state index contributed by atoms with van der Waals surface area (Å²) in [6.07, 6.45) is 6.05. The van der Waals surface area contributed by atoms with Crippen molar-refractivity contribution < 1.29 is 18.7 Å². The van der Waals surface area contributed by atoms with Crippen molar-refractivity contribution in [3.8, 4) is 5.75 Å². The third-order valence-corrected chi connectivity index (χ3v) is 5.53. The summed E-state index contributed by atoms with van der Waals surface area (Å²) in [5.41, 5.74) is 3.14. The largest absolute Gasteiger partial charge is 0.495 e. The van der Waals surface area contributed by atoms with E-state index in [0.717, 1.165) is 36.9 Å². The molecule has 2 heterocycles. The fourth-order valence-corrected chi connectivity index (χ4v) is 4.12. The molecule has 0 radical (unpaired) electrons. The lowest BCUT2D eigenvalue weighted by Gasteiger charge is -2.25. The number of urea groups is 1. The molecule has 2 N–H and O–H groups in total. The van der Waals surface area contributed by atoms with Crippen LogP contribution in [0.25, 0.3) is 0 Å². The molecule has 1 aromatic heterocycles. The number of carbonyl (C=O) groups excluding carboxylic acids is 2. The van der Waals surface area contributed by atoms with Gasteiger partial charge in [-0.2, -0.15) is 0 Å². The van der Waals surface area contributed by atoms with Gasteiger partial charge in [0.15, 0.2) is 0 Å². The molecular weight excluding hydrogens is 358 g/mol. The Kier molecular flexibility index (Phi) is 5.23. The van der Waals surface area contributed by atoms with Crippen LogP contribution in [0.15, 0.2) is 34.9 Å². The van der Waals surface area contributed by atoms with Gasteiger partial charge in [0.05, 0.1) is 25.6 Å². The van der Waals surface area contributed by atoms with E-state index in [9.17, 15) is 9.59 Å². The minimum Gasteiger partial charge on any atom is -0.495 e. The minimum atomic E-state index is -0.474. The number of hydrogen-bond donors (Lipinski definition) is 2. The highest BCUT2D eigenvalue weighted by molar-refractivity contribution is 5.96. The molecule has 2 aromatic rings. The van der Waals surface area contributed by atoms with Crippen molar-refractivity contribution in [1.82, 2.24) is 10.2 Å². The van der Waals surface area contributed by atoms with Crippen LogP contribution in [0.5, 0.6) is 5.75 Å². The van der Waals surface area contributed by atoms with E-state index in [0.29, 0.717) is 31.0 Å². The fourth-order valence-electron chi connectivity index (χ4n) is 4.12. The second-order valence-corrected chi connectivity index (χ2v) is 7.21. The van der Waals surface area contributed by atoms with Crippen LogP contribution in [0, 0.1) is 0 Å². The molecule has 7 heteroatoms. The van der Waals surface area contributed by atoms with Crippen LogP contribution in [0.1, 0.15) is 36.1 Å². The summed E-state index contributed by atoms with van der Waals surface area (Å²) in [5.74, 6) is 1.19. The zero-order valence-corrected chi connectivity index (χ0v) is 16.0. The number of aryl methyl sites for hydroxylation is 1. The molecule has 1 aliphatic carbocycles. The second kappa shape index (κ2) is 7.96. The van der Waals surface area contributed by atoms with Crippen LogP contribution in [-0.2, 0) is 24.2 Å². The first kappa shape index (κ1) is 18.4. The number of anilines is 1. The molecule has 1 aromatic carbocycles. The third-order valence-electron chi connectivity index (χ3n) is 5.53. The molecule has 4 rings (SSSR count). The average Bonchev–Trinajstić information content (AvgIpc) is 3.47. The predicted molar refractivity (Wildman–Crippen MR) is 104 cm³/mol. The van der Waals surface area contributed by atoms with Gasteiger partial charge in [-0.15, -0.1) is 0 Å². The summed E-state index contributed by atoms with van der Waals surface area (Å²) < 4.78 is 10.7. The summed E-state index contributed by atoms with van der Waals surface area (Å²) in [5, 5.41) is 5.88. The van der Waals surface area contributed by atoms with Crippen LogP contribution in [-0.4, -0.2) is 36.5 Å². The monoisotopic (exact) mass is 383 g/mol. The molecule has 0 saturated carbocycles. The van der Waals surface area contributed by atoms with Crippen molar-refractivity contribution in [2.24, 2.45) is 0 Å². The number of amides is 3. The lowest BCUT2D eigenvalue weighted by Crippen LogP contribution is -2.47. The Labute approximate surface area is 164 Å². The highest BCUT2D eigenvalue weighted by atomic mass is 16.5. The third kappa shape index (κ3) is 3.56. The minimum absolute atomic E-state index is 0.158. The van der Waals surface area contributed by atoms with Crippen LogP contribution < -0.4 is 15.4 Å². The van der Waals surface area contributed by atoms with Gasteiger partial charge < -0.3 is 24.7 Å². The molecule has 0 bridgehead atoms. The summed E-state index contributed by atoms with van der Waals surface area (Å²) in [7, 11) is 1.60. The lowest BCUT2D eigenvalue weighted by molar-refractivity contribution is -0.124. The van der Waals surface area contributed by atoms with E-state index < -0.39 is 6.04 Å². The van der Waals surface area contributed by atoms with Crippen LogP contribution in [0.4, 0.5) is 10.5 Å². The Hall–Kier alpha value is -2.96. The molecule has 148 valence electrons. The van der Waals surface area contributed by atoms with Crippen molar-refractivity contribution in [3.63, 3.8) is 0 Å². The number of furan rings is 1. The van der Waals surface area contributed by atoms with E-state index in [4.69, 9.17) is 9.15 Å². The fraction of sp³-hybridized carbons (Fsp3) is 0.429. The maximum atomic E-state index is 13.0. The maximum Gasteiger partial charge on any atom is 0.322 e. The van der Waals surface area contributed by atoms with Crippen molar-refractivity contribution >= 4 is 17.6 Å². The zero-order chi connectivity index (χ0) is 19.5. The molecule has 3 amide bonds. The van der Waals surface area contributed by atoms with Crippen molar-refractivity contribution in [2.45, 2.75) is 44.7 Å². The number of nitrogens with one attached hydrogen (secondary N) is 2. The highest BCUT2D eigenvalue weighted by Crippen LogP contribution is 2.36. The van der Waals surface area contributed by atoms with Gasteiger partial charge in [-0.3, -0.25) is 4.79 Å². The SMILES string of the molecule is COc1ccc2c(c1NC(=O)N1CCC[C@@H]1C(=O)NCc1ccco1)CCC2. The number of methoxy groups -OCH3 is 1. The van der Waals surface area contributed by atoms with E-state index in [2.05, 4.69) is 16.7 Å². The van der Waals surface area contributed by atoms with Gasteiger partial charge in [-0.1, -0.05) is 6.07 Å². The zero-order valence-electron chi connectivity index (χ0n) is 16.0. The Morgan fingerprint density at radius 2 is 2.14 bits per heavy atom. The number of ether oxygens (including phenoxy) is 1. The van der Waals surface area contributed by atoms with Crippen molar-refractivity contribution in [3.05, 3.63) is 47.4 Å². The Morgan fingerprint density at radius 3 is 2.93 bits per heavy atom. The molecule has 7 nitrogen and oxygen atoms in total. The second-order valence-electron chi connectivity index (χ2n) is 7.21. The molecule has 0 spiro atoms. The van der Waals surface area contributed by atoms with Crippen molar-refractivity contribution in [2.75, 3.05) is 19.0 Å².